The first-order valence-electron chi connectivity index (χ1n) is 9.42. The number of benzene rings is 3. The molecule has 0 aliphatic carbocycles. The van der Waals surface area contributed by atoms with Crippen molar-refractivity contribution in [2.75, 3.05) is 19.5 Å². The van der Waals surface area contributed by atoms with Gasteiger partial charge in [-0.1, -0.05) is 44.0 Å². The highest BCUT2D eigenvalue weighted by Crippen LogP contribution is 2.38. The number of carbonyl (C=O) groups excluding carboxylic acids is 1. The molecule has 0 saturated heterocycles. The third kappa shape index (κ3) is 4.31. The molecule has 1 N–H and O–H groups in total. The van der Waals surface area contributed by atoms with Crippen molar-refractivity contribution in [1.29, 1.82) is 0 Å². The van der Waals surface area contributed by atoms with Gasteiger partial charge < -0.3 is 14.8 Å². The van der Waals surface area contributed by atoms with Crippen LogP contribution in [0.5, 0.6) is 11.5 Å². The van der Waals surface area contributed by atoms with E-state index < -0.39 is 6.17 Å². The van der Waals surface area contributed by atoms with E-state index in [1.54, 1.807) is 26.5 Å². The van der Waals surface area contributed by atoms with Crippen LogP contribution in [0.25, 0.3) is 0 Å². The van der Waals surface area contributed by atoms with Crippen LogP contribution in [0, 0.1) is 0 Å². The van der Waals surface area contributed by atoms with Crippen molar-refractivity contribution in [2.45, 2.75) is 6.17 Å². The molecule has 1 aliphatic heterocycles. The SMILES string of the molecule is COc1ccc(Br)cc1/C=N\N1C(=O)c2ccccc2N[C@H]1c1cc(Br)ccc1OC. The topological polar surface area (TPSA) is 63.2 Å². The van der Waals surface area contributed by atoms with Crippen LogP contribution in [-0.2, 0) is 0 Å². The van der Waals surface area contributed by atoms with Crippen LogP contribution in [0.1, 0.15) is 27.7 Å². The van der Waals surface area contributed by atoms with Crippen molar-refractivity contribution in [3.05, 3.63) is 86.3 Å². The number of fused-ring (bicyclic) bond motifs is 1. The molecule has 1 heterocycles. The van der Waals surface area contributed by atoms with Gasteiger partial charge in [0.25, 0.3) is 5.91 Å². The summed E-state index contributed by atoms with van der Waals surface area (Å²) in [5, 5.41) is 9.42. The van der Waals surface area contributed by atoms with Crippen molar-refractivity contribution in [2.24, 2.45) is 5.10 Å². The lowest BCUT2D eigenvalue weighted by atomic mass is 10.0. The first-order valence-corrected chi connectivity index (χ1v) is 11.0. The number of anilines is 1. The zero-order valence-corrected chi connectivity index (χ0v) is 20.0. The highest BCUT2D eigenvalue weighted by atomic mass is 79.9. The summed E-state index contributed by atoms with van der Waals surface area (Å²) in [6, 6.07) is 18.6. The Morgan fingerprint density at radius 1 is 0.968 bits per heavy atom. The molecule has 0 saturated carbocycles. The van der Waals surface area contributed by atoms with Crippen molar-refractivity contribution in [3.63, 3.8) is 0 Å². The maximum Gasteiger partial charge on any atom is 0.278 e. The Balaban J connectivity index is 1.82. The molecule has 1 atom stereocenters. The minimum Gasteiger partial charge on any atom is -0.496 e. The lowest BCUT2D eigenvalue weighted by Gasteiger charge is -2.35. The Bertz CT molecular complexity index is 1170. The van der Waals surface area contributed by atoms with E-state index in [1.807, 2.05) is 54.6 Å². The van der Waals surface area contributed by atoms with Crippen LogP contribution in [0.4, 0.5) is 5.69 Å². The lowest BCUT2D eigenvalue weighted by Crippen LogP contribution is -2.39. The summed E-state index contributed by atoms with van der Waals surface area (Å²) in [5.41, 5.74) is 2.80. The fourth-order valence-electron chi connectivity index (χ4n) is 3.42. The van der Waals surface area contributed by atoms with E-state index in [2.05, 4.69) is 42.3 Å². The number of ether oxygens (including phenoxy) is 2. The Morgan fingerprint density at radius 3 is 2.39 bits per heavy atom. The predicted octanol–water partition coefficient (Wildman–Crippen LogP) is 5.83. The van der Waals surface area contributed by atoms with Gasteiger partial charge in [0.15, 0.2) is 6.17 Å². The summed E-state index contributed by atoms with van der Waals surface area (Å²) < 4.78 is 12.7. The Labute approximate surface area is 197 Å². The Hall–Kier alpha value is -2.84. The summed E-state index contributed by atoms with van der Waals surface area (Å²) in [7, 11) is 3.20. The molecule has 31 heavy (non-hydrogen) atoms. The second-order valence-electron chi connectivity index (χ2n) is 6.76. The highest BCUT2D eigenvalue weighted by molar-refractivity contribution is 9.10. The molecule has 0 unspecified atom stereocenters. The number of halogens is 2. The van der Waals surface area contributed by atoms with Crippen LogP contribution in [0.15, 0.2) is 74.7 Å². The fourth-order valence-corrected chi connectivity index (χ4v) is 4.18. The Kier molecular flexibility index (Phi) is 6.29. The number of nitrogens with zero attached hydrogens (tertiary/aromatic N) is 2. The molecule has 3 aromatic rings. The quantitative estimate of drug-likeness (QED) is 0.410. The number of amides is 1. The molecule has 1 amide bonds. The molecule has 4 rings (SSSR count). The van der Waals surface area contributed by atoms with Gasteiger partial charge in [0.05, 0.1) is 26.0 Å². The molecule has 158 valence electrons. The number of methoxy groups -OCH3 is 2. The van der Waals surface area contributed by atoms with Crippen molar-refractivity contribution in [1.82, 2.24) is 5.01 Å². The Morgan fingerprint density at radius 2 is 1.65 bits per heavy atom. The molecule has 0 aromatic heterocycles. The fraction of sp³-hybridized carbons (Fsp3) is 0.130. The maximum atomic E-state index is 13.4. The summed E-state index contributed by atoms with van der Waals surface area (Å²) in [5.74, 6) is 1.08. The minimum absolute atomic E-state index is 0.216. The molecular weight excluding hydrogens is 526 g/mol. The van der Waals surface area contributed by atoms with E-state index in [-0.39, 0.29) is 5.91 Å². The average molecular weight is 545 g/mol. The van der Waals surface area contributed by atoms with Gasteiger partial charge in [-0.25, -0.2) is 5.01 Å². The van der Waals surface area contributed by atoms with Gasteiger partial charge in [0, 0.05) is 25.8 Å². The third-order valence-electron chi connectivity index (χ3n) is 4.90. The van der Waals surface area contributed by atoms with Crippen LogP contribution in [0.3, 0.4) is 0 Å². The van der Waals surface area contributed by atoms with Crippen molar-refractivity contribution < 1.29 is 14.3 Å². The third-order valence-corrected chi connectivity index (χ3v) is 5.89. The number of para-hydroxylation sites is 1. The molecule has 0 bridgehead atoms. The number of carbonyl (C=O) groups is 1. The number of hydrogen-bond acceptors (Lipinski definition) is 5. The second kappa shape index (κ2) is 9.11. The van der Waals surface area contributed by atoms with Crippen LogP contribution < -0.4 is 14.8 Å². The number of hydrazone groups is 1. The van der Waals surface area contributed by atoms with E-state index in [9.17, 15) is 4.79 Å². The van der Waals surface area contributed by atoms with Gasteiger partial charge in [-0.05, 0) is 48.5 Å². The summed E-state index contributed by atoms with van der Waals surface area (Å²) >= 11 is 6.98. The zero-order chi connectivity index (χ0) is 22.0. The van der Waals surface area contributed by atoms with E-state index in [1.165, 1.54) is 5.01 Å². The van der Waals surface area contributed by atoms with E-state index in [0.717, 1.165) is 25.8 Å². The standard InChI is InChI=1S/C23H19Br2N3O3/c1-30-20-9-7-15(24)11-14(20)13-26-28-22(18-12-16(25)8-10-21(18)31-2)27-19-6-4-3-5-17(19)23(28)29/h3-13,22,27H,1-2H3/b26-13-/t22-/m1/s1. The molecule has 3 aromatic carbocycles. The van der Waals surface area contributed by atoms with Crippen molar-refractivity contribution >= 4 is 49.7 Å². The molecule has 8 heteroatoms. The van der Waals surface area contributed by atoms with Gasteiger partial charge in [0.2, 0.25) is 0 Å². The van der Waals surface area contributed by atoms with Crippen LogP contribution >= 0.6 is 31.9 Å². The maximum absolute atomic E-state index is 13.4. The monoisotopic (exact) mass is 543 g/mol. The lowest BCUT2D eigenvalue weighted by molar-refractivity contribution is 0.0689. The van der Waals surface area contributed by atoms with Crippen LogP contribution in [0.2, 0.25) is 0 Å². The van der Waals surface area contributed by atoms with Gasteiger partial charge in [-0.3, -0.25) is 4.79 Å². The number of rotatable bonds is 5. The van der Waals surface area contributed by atoms with Gasteiger partial charge in [-0.2, -0.15) is 5.10 Å². The average Bonchev–Trinajstić information content (AvgIpc) is 2.78. The smallest absolute Gasteiger partial charge is 0.278 e. The molecule has 6 nitrogen and oxygen atoms in total. The summed E-state index contributed by atoms with van der Waals surface area (Å²) in [6.45, 7) is 0. The molecular formula is C23H19Br2N3O3. The van der Waals surface area contributed by atoms with Gasteiger partial charge >= 0.3 is 0 Å². The van der Waals surface area contributed by atoms with Gasteiger partial charge in [-0.15, -0.1) is 0 Å². The number of hydrogen-bond donors (Lipinski definition) is 1. The van der Waals surface area contributed by atoms with E-state index in [4.69, 9.17) is 9.47 Å². The summed E-state index contributed by atoms with van der Waals surface area (Å²) in [4.78, 5) is 13.4. The first-order chi connectivity index (χ1) is 15.0. The minimum atomic E-state index is -0.566. The van der Waals surface area contributed by atoms with Crippen LogP contribution in [-0.4, -0.2) is 31.4 Å². The van der Waals surface area contributed by atoms with E-state index >= 15 is 0 Å². The normalized spacial score (nSPS) is 15.5. The van der Waals surface area contributed by atoms with E-state index in [0.29, 0.717) is 17.1 Å². The number of nitrogens with one attached hydrogen (secondary N) is 1. The molecule has 0 radical (unpaired) electrons. The highest BCUT2D eigenvalue weighted by Gasteiger charge is 2.34. The van der Waals surface area contributed by atoms with Crippen molar-refractivity contribution in [3.8, 4) is 11.5 Å². The van der Waals surface area contributed by atoms with Gasteiger partial charge in [0.1, 0.15) is 11.5 Å². The zero-order valence-electron chi connectivity index (χ0n) is 16.8. The molecule has 0 fully saturated rings. The summed E-state index contributed by atoms with van der Waals surface area (Å²) in [6.07, 6.45) is 1.05. The second-order valence-corrected chi connectivity index (χ2v) is 8.59. The largest absolute Gasteiger partial charge is 0.496 e. The predicted molar refractivity (Wildman–Crippen MR) is 128 cm³/mol. The molecule has 0 spiro atoms. The molecule has 1 aliphatic rings. The first kappa shape index (κ1) is 21.4.